The van der Waals surface area contributed by atoms with E-state index in [9.17, 15) is 0 Å². The summed E-state index contributed by atoms with van der Waals surface area (Å²) in [4.78, 5) is 12.7. The third kappa shape index (κ3) is 4.67. The molecule has 0 fully saturated rings. The summed E-state index contributed by atoms with van der Waals surface area (Å²) in [5.41, 5.74) is 1.05. The number of rotatable bonds is 6. The van der Waals surface area contributed by atoms with E-state index < -0.39 is 0 Å². The van der Waals surface area contributed by atoms with Crippen LogP contribution in [0.4, 0.5) is 0 Å². The van der Waals surface area contributed by atoms with Crippen LogP contribution in [0.25, 0.3) is 0 Å². The van der Waals surface area contributed by atoms with E-state index in [0.29, 0.717) is 13.1 Å². The van der Waals surface area contributed by atoms with Gasteiger partial charge in [0.25, 0.3) is 0 Å². The Kier molecular flexibility index (Phi) is 6.00. The Bertz CT molecular complexity index is 864. The molecular weight excluding hydrogens is 366 g/mol. The Labute approximate surface area is 161 Å². The lowest BCUT2D eigenvalue weighted by atomic mass is 10.4. The highest BCUT2D eigenvalue weighted by molar-refractivity contribution is 7.10. The molecule has 0 aliphatic rings. The van der Waals surface area contributed by atoms with Crippen LogP contribution in [0.2, 0.25) is 0 Å². The summed E-state index contributed by atoms with van der Waals surface area (Å²) in [6.07, 6.45) is 0. The first-order valence-electron chi connectivity index (χ1n) is 8.30. The second kappa shape index (κ2) is 8.41. The van der Waals surface area contributed by atoms with Crippen LogP contribution in [0.5, 0.6) is 0 Å². The van der Waals surface area contributed by atoms with E-state index in [-0.39, 0.29) is 0 Å². The van der Waals surface area contributed by atoms with Gasteiger partial charge in [0.05, 0.1) is 23.8 Å². The number of hydrogen-bond donors (Lipinski definition) is 1. The maximum absolute atomic E-state index is 4.76. The van der Waals surface area contributed by atoms with Gasteiger partial charge in [-0.05, 0) is 25.3 Å². The van der Waals surface area contributed by atoms with Crippen molar-refractivity contribution in [1.82, 2.24) is 30.0 Å². The molecule has 7 nitrogen and oxygen atoms in total. The molecule has 3 heterocycles. The summed E-state index contributed by atoms with van der Waals surface area (Å²) in [6, 6.07) is 4.17. The summed E-state index contributed by atoms with van der Waals surface area (Å²) in [5.74, 6) is 2.55. The van der Waals surface area contributed by atoms with Gasteiger partial charge in [0.2, 0.25) is 0 Å². The number of aliphatic imine (C=N–C) groups is 1. The van der Waals surface area contributed by atoms with Crippen LogP contribution < -0.4 is 5.32 Å². The van der Waals surface area contributed by atoms with Crippen molar-refractivity contribution in [3.8, 4) is 0 Å². The highest BCUT2D eigenvalue weighted by Crippen LogP contribution is 2.11. The predicted octanol–water partition coefficient (Wildman–Crippen LogP) is 2.73. The van der Waals surface area contributed by atoms with Gasteiger partial charge in [-0.2, -0.15) is 0 Å². The molecule has 3 rings (SSSR count). The van der Waals surface area contributed by atoms with Crippen molar-refractivity contribution in [1.29, 1.82) is 0 Å². The standard InChI is InChI=1S/C17H23N7S2/c1-12-21-22-16(24(12)4)9-19-17(18-8-15-6-5-7-25-15)23(3)10-14-11-26-13(2)20-14/h5-7,11H,8-10H2,1-4H3,(H,18,19). The summed E-state index contributed by atoms with van der Waals surface area (Å²) >= 11 is 3.40. The minimum atomic E-state index is 0.477. The second-order valence-corrected chi connectivity index (χ2v) is 8.10. The molecule has 0 aliphatic heterocycles. The quantitative estimate of drug-likeness (QED) is 0.518. The molecule has 0 amide bonds. The monoisotopic (exact) mass is 389 g/mol. The molecule has 0 aromatic carbocycles. The predicted molar refractivity (Wildman–Crippen MR) is 106 cm³/mol. The minimum Gasteiger partial charge on any atom is -0.351 e. The zero-order chi connectivity index (χ0) is 18.5. The Balaban J connectivity index is 1.73. The fourth-order valence-corrected chi connectivity index (χ4v) is 3.67. The summed E-state index contributed by atoms with van der Waals surface area (Å²) in [6.45, 7) is 5.89. The maximum Gasteiger partial charge on any atom is 0.194 e. The van der Waals surface area contributed by atoms with Crippen LogP contribution in [-0.2, 0) is 26.7 Å². The normalized spacial score (nSPS) is 11.8. The van der Waals surface area contributed by atoms with E-state index >= 15 is 0 Å². The van der Waals surface area contributed by atoms with Gasteiger partial charge in [-0.25, -0.2) is 9.98 Å². The number of aryl methyl sites for hydroxylation is 2. The number of nitrogens with one attached hydrogen (secondary N) is 1. The molecule has 0 bridgehead atoms. The third-order valence-electron chi connectivity index (χ3n) is 3.98. The number of aromatic nitrogens is 4. The fourth-order valence-electron chi connectivity index (χ4n) is 2.42. The van der Waals surface area contributed by atoms with Crippen LogP contribution in [0, 0.1) is 13.8 Å². The number of nitrogens with zero attached hydrogens (tertiary/aromatic N) is 6. The van der Waals surface area contributed by atoms with E-state index in [1.165, 1.54) is 4.88 Å². The average Bonchev–Trinajstić information content (AvgIpc) is 3.33. The van der Waals surface area contributed by atoms with Gasteiger partial charge < -0.3 is 14.8 Å². The Morgan fingerprint density at radius 1 is 1.31 bits per heavy atom. The van der Waals surface area contributed by atoms with Crippen molar-refractivity contribution in [3.05, 3.63) is 50.1 Å². The van der Waals surface area contributed by atoms with Gasteiger partial charge in [-0.1, -0.05) is 6.07 Å². The van der Waals surface area contributed by atoms with Crippen molar-refractivity contribution in [2.75, 3.05) is 7.05 Å². The molecule has 9 heteroatoms. The van der Waals surface area contributed by atoms with Gasteiger partial charge in [-0.15, -0.1) is 32.9 Å². The maximum atomic E-state index is 4.76. The first kappa shape index (κ1) is 18.5. The van der Waals surface area contributed by atoms with E-state index in [1.807, 2.05) is 32.5 Å². The summed E-state index contributed by atoms with van der Waals surface area (Å²) in [5, 5.41) is 17.0. The number of thiophene rings is 1. The number of guanidine groups is 1. The van der Waals surface area contributed by atoms with Crippen LogP contribution >= 0.6 is 22.7 Å². The van der Waals surface area contributed by atoms with Crippen molar-refractivity contribution in [2.45, 2.75) is 33.5 Å². The van der Waals surface area contributed by atoms with Crippen molar-refractivity contribution < 1.29 is 0 Å². The van der Waals surface area contributed by atoms with E-state index in [2.05, 4.69) is 48.3 Å². The molecule has 26 heavy (non-hydrogen) atoms. The molecule has 0 spiro atoms. The lowest BCUT2D eigenvalue weighted by Gasteiger charge is -2.21. The van der Waals surface area contributed by atoms with Gasteiger partial charge in [-0.3, -0.25) is 0 Å². The minimum absolute atomic E-state index is 0.477. The van der Waals surface area contributed by atoms with Crippen LogP contribution in [0.15, 0.2) is 27.9 Å². The van der Waals surface area contributed by atoms with Crippen LogP contribution in [0.1, 0.15) is 27.2 Å². The average molecular weight is 390 g/mol. The molecule has 0 saturated heterocycles. The molecule has 0 aliphatic carbocycles. The van der Waals surface area contributed by atoms with Crippen molar-refractivity contribution in [3.63, 3.8) is 0 Å². The molecule has 3 aromatic heterocycles. The Morgan fingerprint density at radius 3 is 2.77 bits per heavy atom. The molecule has 0 atom stereocenters. The first-order valence-corrected chi connectivity index (χ1v) is 10.1. The number of hydrogen-bond acceptors (Lipinski definition) is 6. The molecule has 0 unspecified atom stereocenters. The molecule has 138 valence electrons. The fraction of sp³-hybridized carbons (Fsp3) is 0.412. The zero-order valence-electron chi connectivity index (χ0n) is 15.4. The molecule has 0 saturated carbocycles. The van der Waals surface area contributed by atoms with Crippen molar-refractivity contribution >= 4 is 28.6 Å². The molecule has 0 radical (unpaired) electrons. The van der Waals surface area contributed by atoms with E-state index in [4.69, 9.17) is 4.99 Å². The van der Waals surface area contributed by atoms with Gasteiger partial charge >= 0.3 is 0 Å². The van der Waals surface area contributed by atoms with Gasteiger partial charge in [0.15, 0.2) is 11.8 Å². The first-order chi connectivity index (χ1) is 12.5. The van der Waals surface area contributed by atoms with Gasteiger partial charge in [0, 0.05) is 24.4 Å². The Morgan fingerprint density at radius 2 is 2.15 bits per heavy atom. The highest BCUT2D eigenvalue weighted by atomic mass is 32.1. The topological polar surface area (TPSA) is 71.2 Å². The van der Waals surface area contributed by atoms with Crippen LogP contribution in [-0.4, -0.2) is 37.7 Å². The molecule has 1 N–H and O–H groups in total. The zero-order valence-corrected chi connectivity index (χ0v) is 17.1. The van der Waals surface area contributed by atoms with Crippen molar-refractivity contribution in [2.24, 2.45) is 12.0 Å². The lowest BCUT2D eigenvalue weighted by molar-refractivity contribution is 0.468. The SMILES string of the molecule is Cc1nc(CN(C)C(=NCc2nnc(C)n2C)NCc2cccs2)cs1. The summed E-state index contributed by atoms with van der Waals surface area (Å²) < 4.78 is 1.96. The smallest absolute Gasteiger partial charge is 0.194 e. The highest BCUT2D eigenvalue weighted by Gasteiger charge is 2.11. The summed E-state index contributed by atoms with van der Waals surface area (Å²) in [7, 11) is 3.98. The van der Waals surface area contributed by atoms with E-state index in [0.717, 1.165) is 34.9 Å². The van der Waals surface area contributed by atoms with E-state index in [1.54, 1.807) is 22.7 Å². The molecule has 3 aromatic rings. The largest absolute Gasteiger partial charge is 0.351 e. The molecular formula is C17H23N7S2. The van der Waals surface area contributed by atoms with Crippen LogP contribution in [0.3, 0.4) is 0 Å². The lowest BCUT2D eigenvalue weighted by Crippen LogP contribution is -2.38. The second-order valence-electron chi connectivity index (χ2n) is 6.01. The third-order valence-corrected chi connectivity index (χ3v) is 5.68. The van der Waals surface area contributed by atoms with Gasteiger partial charge in [0.1, 0.15) is 12.4 Å². The number of thiazole rings is 1. The Hall–Kier alpha value is -2.26.